The minimum absolute atomic E-state index is 0.203. The van der Waals surface area contributed by atoms with Gasteiger partial charge in [-0.05, 0) is 48.9 Å². The number of urea groups is 1. The first-order valence-corrected chi connectivity index (χ1v) is 12.5. The largest absolute Gasteiger partial charge is 0.481 e. The molecule has 2 fully saturated rings. The fourth-order valence-electron chi connectivity index (χ4n) is 5.23. The molecule has 0 aromatic heterocycles. The third kappa shape index (κ3) is 4.67. The average Bonchev–Trinajstić information content (AvgIpc) is 3.74. The van der Waals surface area contributed by atoms with Crippen LogP contribution in [0.25, 0.3) is 0 Å². The van der Waals surface area contributed by atoms with E-state index in [9.17, 15) is 39.0 Å². The Bertz CT molecular complexity index is 1430. The SMILES string of the molecule is CC(=O)[C@@](C(=O)O)(N1C(=O)N[C@@](c2ccc(C=NN)cc2)(C2CC2)C1=O)N(C(=O)[C@@H](N)CC(=O)O)c1ccccc1. The van der Waals surface area contributed by atoms with Crippen LogP contribution in [-0.2, 0) is 29.5 Å². The number of hydrazone groups is 1. The lowest BCUT2D eigenvalue weighted by Gasteiger charge is -2.43. The Hall–Kier alpha value is -5.11. The van der Waals surface area contributed by atoms with E-state index in [1.54, 1.807) is 30.3 Å². The van der Waals surface area contributed by atoms with Crippen LogP contribution in [0, 0.1) is 5.92 Å². The first kappa shape index (κ1) is 28.9. The molecule has 4 rings (SSSR count). The Labute approximate surface area is 233 Å². The molecule has 1 aliphatic carbocycles. The van der Waals surface area contributed by atoms with Crippen LogP contribution in [0.15, 0.2) is 59.7 Å². The number of para-hydroxylation sites is 1. The van der Waals surface area contributed by atoms with Crippen molar-refractivity contribution in [2.75, 3.05) is 4.90 Å². The molecular formula is C27H28N6O8. The molecule has 1 saturated heterocycles. The zero-order chi connectivity index (χ0) is 30.1. The summed E-state index contributed by atoms with van der Waals surface area (Å²) in [6, 6.07) is 10.2. The standard InChI is InChI=1S/C27H28N6O8/c1-15(34)27(24(39)40,32(19-5-3-2-4-6-19)22(37)20(28)13-21(35)36)33-23(38)26(18-11-12-18,31-25(33)41)17-9-7-16(8-10-17)14-30-29/h2-10,14,18,20H,11-13,28-29H2,1H3,(H,31,41)(H,35,36)(H,39,40)/t20-,26-,27-/m0/s1. The molecule has 1 heterocycles. The Morgan fingerprint density at radius 3 is 2.22 bits per heavy atom. The molecule has 0 spiro atoms. The highest BCUT2D eigenvalue weighted by atomic mass is 16.4. The van der Waals surface area contributed by atoms with E-state index in [0.29, 0.717) is 28.9 Å². The number of nitrogens with one attached hydrogen (secondary N) is 1. The van der Waals surface area contributed by atoms with E-state index in [4.69, 9.17) is 11.6 Å². The smallest absolute Gasteiger partial charge is 0.360 e. The Morgan fingerprint density at radius 2 is 1.73 bits per heavy atom. The number of carbonyl (C=O) groups excluding carboxylic acids is 4. The molecule has 0 unspecified atom stereocenters. The van der Waals surface area contributed by atoms with E-state index in [0.717, 1.165) is 6.92 Å². The van der Waals surface area contributed by atoms with Crippen LogP contribution in [-0.4, -0.2) is 68.6 Å². The lowest BCUT2D eigenvalue weighted by Crippen LogP contribution is -2.74. The van der Waals surface area contributed by atoms with E-state index in [1.165, 1.54) is 30.5 Å². The Balaban J connectivity index is 1.95. The fraction of sp³-hybridized carbons (Fsp3) is 0.296. The number of anilines is 1. The van der Waals surface area contributed by atoms with E-state index in [-0.39, 0.29) is 10.6 Å². The van der Waals surface area contributed by atoms with Crippen LogP contribution in [0.3, 0.4) is 0 Å². The van der Waals surface area contributed by atoms with Gasteiger partial charge in [-0.1, -0.05) is 42.5 Å². The van der Waals surface area contributed by atoms with Gasteiger partial charge in [-0.3, -0.25) is 24.1 Å². The number of carboxylic acid groups (broad SMARTS) is 2. The van der Waals surface area contributed by atoms with Crippen molar-refractivity contribution in [2.45, 2.75) is 43.4 Å². The molecule has 2 aliphatic rings. The van der Waals surface area contributed by atoms with Gasteiger partial charge >= 0.3 is 18.0 Å². The monoisotopic (exact) mass is 564 g/mol. The molecule has 2 aromatic carbocycles. The number of benzene rings is 2. The zero-order valence-corrected chi connectivity index (χ0v) is 21.9. The van der Waals surface area contributed by atoms with Gasteiger partial charge in [0.25, 0.3) is 11.6 Å². The number of nitrogens with zero attached hydrogens (tertiary/aromatic N) is 3. The number of ketones is 1. The van der Waals surface area contributed by atoms with Gasteiger partial charge < -0.3 is 27.1 Å². The third-order valence-electron chi connectivity index (χ3n) is 7.21. The van der Waals surface area contributed by atoms with Crippen LogP contribution in [0.2, 0.25) is 0 Å². The summed E-state index contributed by atoms with van der Waals surface area (Å²) in [6.45, 7) is 0.818. The van der Waals surface area contributed by atoms with Crippen LogP contribution in [0.4, 0.5) is 10.5 Å². The van der Waals surface area contributed by atoms with Crippen molar-refractivity contribution < 1.29 is 39.0 Å². The van der Waals surface area contributed by atoms with Gasteiger partial charge in [0.05, 0.1) is 18.7 Å². The maximum Gasteiger partial charge on any atom is 0.360 e. The first-order valence-electron chi connectivity index (χ1n) is 12.5. The van der Waals surface area contributed by atoms with Gasteiger partial charge in [0.1, 0.15) is 5.54 Å². The number of carboxylic acids is 2. The predicted molar refractivity (Wildman–Crippen MR) is 143 cm³/mol. The van der Waals surface area contributed by atoms with Crippen molar-refractivity contribution >= 4 is 47.5 Å². The number of amides is 4. The average molecular weight is 565 g/mol. The summed E-state index contributed by atoms with van der Waals surface area (Å²) in [7, 11) is 0. The number of hydrogen-bond donors (Lipinski definition) is 5. The number of imide groups is 1. The highest BCUT2D eigenvalue weighted by molar-refractivity contribution is 6.24. The summed E-state index contributed by atoms with van der Waals surface area (Å²) in [5, 5.41) is 26.0. The number of aliphatic carboxylic acids is 2. The van der Waals surface area contributed by atoms with Gasteiger partial charge in [0.2, 0.25) is 5.91 Å². The van der Waals surface area contributed by atoms with Gasteiger partial charge in [0.15, 0.2) is 5.78 Å². The summed E-state index contributed by atoms with van der Waals surface area (Å²) in [4.78, 5) is 80.5. The second-order valence-electron chi connectivity index (χ2n) is 9.80. The molecule has 3 atom stereocenters. The number of hydrogen-bond acceptors (Lipinski definition) is 9. The molecule has 1 saturated carbocycles. The van der Waals surface area contributed by atoms with Crippen molar-refractivity contribution in [2.24, 2.45) is 22.6 Å². The highest BCUT2D eigenvalue weighted by Gasteiger charge is 2.70. The number of rotatable bonds is 11. The third-order valence-corrected chi connectivity index (χ3v) is 7.21. The molecule has 7 N–H and O–H groups in total. The molecule has 4 amide bonds. The molecule has 14 nitrogen and oxygen atoms in total. The van der Waals surface area contributed by atoms with E-state index in [2.05, 4.69) is 10.4 Å². The summed E-state index contributed by atoms with van der Waals surface area (Å²) >= 11 is 0. The van der Waals surface area contributed by atoms with Gasteiger partial charge in [0, 0.05) is 5.69 Å². The Kier molecular flexibility index (Phi) is 7.61. The van der Waals surface area contributed by atoms with E-state index < -0.39 is 65.1 Å². The molecule has 0 radical (unpaired) electrons. The predicted octanol–water partition coefficient (Wildman–Crippen LogP) is 0.341. The van der Waals surface area contributed by atoms with Crippen molar-refractivity contribution in [3.63, 3.8) is 0 Å². The van der Waals surface area contributed by atoms with Crippen LogP contribution < -0.4 is 21.8 Å². The number of nitrogens with two attached hydrogens (primary N) is 2. The summed E-state index contributed by atoms with van der Waals surface area (Å²) in [6.07, 6.45) is 1.47. The minimum Gasteiger partial charge on any atom is -0.481 e. The lowest BCUT2D eigenvalue weighted by molar-refractivity contribution is -0.162. The van der Waals surface area contributed by atoms with Gasteiger partial charge in [-0.2, -0.15) is 5.10 Å². The molecule has 1 aliphatic heterocycles. The fourth-order valence-corrected chi connectivity index (χ4v) is 5.23. The number of Topliss-reactive ketones (excluding diaryl/α,β-unsaturated/α-hetero) is 1. The van der Waals surface area contributed by atoms with Crippen LogP contribution >= 0.6 is 0 Å². The summed E-state index contributed by atoms with van der Waals surface area (Å²) < 4.78 is 0. The van der Waals surface area contributed by atoms with E-state index >= 15 is 0 Å². The highest BCUT2D eigenvalue weighted by Crippen LogP contribution is 2.50. The molecule has 14 heteroatoms. The molecule has 41 heavy (non-hydrogen) atoms. The topological polar surface area (TPSA) is 226 Å². The minimum atomic E-state index is -3.25. The van der Waals surface area contributed by atoms with Gasteiger partial charge in [-0.25, -0.2) is 14.5 Å². The maximum absolute atomic E-state index is 14.4. The molecular weight excluding hydrogens is 536 g/mol. The second-order valence-corrected chi connectivity index (χ2v) is 9.80. The van der Waals surface area contributed by atoms with Crippen molar-refractivity contribution in [1.29, 1.82) is 0 Å². The first-order chi connectivity index (χ1) is 19.4. The second kappa shape index (κ2) is 10.8. The van der Waals surface area contributed by atoms with Crippen molar-refractivity contribution in [1.82, 2.24) is 10.2 Å². The molecule has 214 valence electrons. The van der Waals surface area contributed by atoms with Crippen LogP contribution in [0.5, 0.6) is 0 Å². The van der Waals surface area contributed by atoms with E-state index in [1.807, 2.05) is 0 Å². The maximum atomic E-state index is 14.4. The normalized spacial score (nSPS) is 20.8. The zero-order valence-electron chi connectivity index (χ0n) is 21.9. The number of carbonyl (C=O) groups is 6. The van der Waals surface area contributed by atoms with Gasteiger partial charge in [-0.15, -0.1) is 0 Å². The van der Waals surface area contributed by atoms with Crippen molar-refractivity contribution in [3.8, 4) is 0 Å². The summed E-state index contributed by atoms with van der Waals surface area (Å²) in [5.41, 5.74) is 1.57. The van der Waals surface area contributed by atoms with Crippen molar-refractivity contribution in [3.05, 3.63) is 65.7 Å². The summed E-state index contributed by atoms with van der Waals surface area (Å²) in [5.74, 6) is -2.35. The molecule has 2 aromatic rings. The quantitative estimate of drug-likeness (QED) is 0.0826. The lowest BCUT2D eigenvalue weighted by atomic mass is 9.83. The Morgan fingerprint density at radius 1 is 1.12 bits per heavy atom. The van der Waals surface area contributed by atoms with Crippen LogP contribution in [0.1, 0.15) is 37.3 Å². The molecule has 0 bridgehead atoms.